The minimum Gasteiger partial charge on any atom is -0.330 e. The molecule has 1 rings (SSSR count). The molecule has 3 nitrogen and oxygen atoms in total. The van der Waals surface area contributed by atoms with Crippen molar-refractivity contribution in [2.24, 2.45) is 5.73 Å². The zero-order valence-corrected chi connectivity index (χ0v) is 7.51. The molecular formula is C8H19N2O+. The van der Waals surface area contributed by atoms with Crippen LogP contribution in [0.3, 0.4) is 0 Å². The van der Waals surface area contributed by atoms with Gasteiger partial charge in [-0.05, 0) is 13.3 Å². The third kappa shape index (κ3) is 1.41. The Morgan fingerprint density at radius 1 is 1.45 bits per heavy atom. The van der Waals surface area contributed by atoms with Crippen LogP contribution in [0, 0.1) is 0 Å². The fraction of sp³-hybridized carbons (Fsp3) is 1.00. The zero-order chi connectivity index (χ0) is 8.54. The van der Waals surface area contributed by atoms with Crippen LogP contribution in [0.5, 0.6) is 0 Å². The van der Waals surface area contributed by atoms with Crippen molar-refractivity contribution in [3.05, 3.63) is 0 Å². The van der Waals surface area contributed by atoms with Gasteiger partial charge in [-0.25, -0.2) is 0 Å². The van der Waals surface area contributed by atoms with Crippen LogP contribution in [0.1, 0.15) is 26.7 Å². The molecule has 3 heteroatoms. The maximum Gasteiger partial charge on any atom is 0.258 e. The van der Waals surface area contributed by atoms with Gasteiger partial charge in [0.1, 0.15) is 13.1 Å². The summed E-state index contributed by atoms with van der Waals surface area (Å²) in [6.07, 6.45) is 1.66. The lowest BCUT2D eigenvalue weighted by atomic mass is 10.2. The van der Waals surface area contributed by atoms with Crippen LogP contribution in [0.2, 0.25) is 0 Å². The summed E-state index contributed by atoms with van der Waals surface area (Å²) < 4.78 is 0.709. The molecule has 1 unspecified atom stereocenters. The van der Waals surface area contributed by atoms with E-state index in [-0.39, 0.29) is 0 Å². The monoisotopic (exact) mass is 159 g/mol. The van der Waals surface area contributed by atoms with E-state index in [1.807, 2.05) is 6.92 Å². The topological polar surface area (TPSA) is 46.2 Å². The summed E-state index contributed by atoms with van der Waals surface area (Å²) in [5.41, 5.74) is 5.81. The number of hydrogen-bond acceptors (Lipinski definition) is 2. The first-order chi connectivity index (χ1) is 5.08. The van der Waals surface area contributed by atoms with Crippen molar-refractivity contribution in [2.75, 3.05) is 19.6 Å². The molecule has 66 valence electrons. The zero-order valence-electron chi connectivity index (χ0n) is 7.51. The molecule has 1 aliphatic rings. The Balaban J connectivity index is 2.56. The predicted molar refractivity (Wildman–Crippen MR) is 44.6 cm³/mol. The first-order valence-corrected chi connectivity index (χ1v) is 4.45. The molecule has 0 aliphatic carbocycles. The van der Waals surface area contributed by atoms with E-state index in [1.54, 1.807) is 0 Å². The molecule has 0 aromatic carbocycles. The summed E-state index contributed by atoms with van der Waals surface area (Å²) in [6, 6.07) is 0. The molecule has 3 N–H and O–H groups in total. The molecule has 0 aromatic rings. The van der Waals surface area contributed by atoms with E-state index in [0.29, 0.717) is 10.9 Å². The second-order valence-electron chi connectivity index (χ2n) is 3.54. The molecule has 0 radical (unpaired) electrons. The summed E-state index contributed by atoms with van der Waals surface area (Å²) in [7, 11) is 0. The van der Waals surface area contributed by atoms with Crippen LogP contribution in [-0.4, -0.2) is 35.1 Å². The van der Waals surface area contributed by atoms with Crippen molar-refractivity contribution in [1.82, 2.24) is 0 Å². The highest BCUT2D eigenvalue weighted by Crippen LogP contribution is 2.31. The van der Waals surface area contributed by atoms with Crippen molar-refractivity contribution in [1.29, 1.82) is 0 Å². The fourth-order valence-corrected chi connectivity index (χ4v) is 1.70. The molecular weight excluding hydrogens is 140 g/mol. The first-order valence-electron chi connectivity index (χ1n) is 4.45. The Labute approximate surface area is 68.4 Å². The molecule has 0 saturated carbocycles. The summed E-state index contributed by atoms with van der Waals surface area (Å²) in [4.78, 5) is 0. The van der Waals surface area contributed by atoms with E-state index in [1.165, 1.54) is 0 Å². The highest BCUT2D eigenvalue weighted by molar-refractivity contribution is 4.68. The van der Waals surface area contributed by atoms with E-state index in [2.05, 4.69) is 6.92 Å². The van der Waals surface area contributed by atoms with Crippen LogP contribution >= 0.6 is 0 Å². The number of aliphatic hydroxyl groups is 1. The third-order valence-electron chi connectivity index (χ3n) is 2.81. The van der Waals surface area contributed by atoms with Crippen molar-refractivity contribution < 1.29 is 9.59 Å². The molecule has 1 aliphatic heterocycles. The molecule has 1 saturated heterocycles. The average Bonchev–Trinajstić information content (AvgIpc) is 2.66. The second kappa shape index (κ2) is 2.73. The molecule has 0 amide bonds. The van der Waals surface area contributed by atoms with E-state index in [9.17, 15) is 5.11 Å². The smallest absolute Gasteiger partial charge is 0.258 e. The van der Waals surface area contributed by atoms with Gasteiger partial charge in [-0.3, -0.25) is 10.2 Å². The maximum absolute atomic E-state index is 9.85. The second-order valence-corrected chi connectivity index (χ2v) is 3.54. The van der Waals surface area contributed by atoms with E-state index in [4.69, 9.17) is 5.73 Å². The van der Waals surface area contributed by atoms with Gasteiger partial charge in [0, 0.05) is 6.42 Å². The number of quaternary nitrogens is 1. The normalized spacial score (nSPS) is 26.2. The SMILES string of the molecule is CCCC(N)(O)[N+]1(CC)CC1. The largest absolute Gasteiger partial charge is 0.330 e. The van der Waals surface area contributed by atoms with E-state index >= 15 is 0 Å². The van der Waals surface area contributed by atoms with Crippen molar-refractivity contribution >= 4 is 0 Å². The van der Waals surface area contributed by atoms with Gasteiger partial charge in [-0.1, -0.05) is 6.92 Å². The Morgan fingerprint density at radius 3 is 2.27 bits per heavy atom. The number of hydrogen-bond donors (Lipinski definition) is 2. The van der Waals surface area contributed by atoms with Crippen molar-refractivity contribution in [3.8, 4) is 0 Å². The Morgan fingerprint density at radius 2 is 2.00 bits per heavy atom. The van der Waals surface area contributed by atoms with Gasteiger partial charge in [0.15, 0.2) is 0 Å². The van der Waals surface area contributed by atoms with Gasteiger partial charge >= 0.3 is 0 Å². The number of nitrogens with zero attached hydrogens (tertiary/aromatic N) is 1. The molecule has 11 heavy (non-hydrogen) atoms. The van der Waals surface area contributed by atoms with E-state index < -0.39 is 5.85 Å². The number of rotatable bonds is 4. The summed E-state index contributed by atoms with van der Waals surface area (Å²) in [6.45, 7) is 7.17. The lowest BCUT2D eigenvalue weighted by Gasteiger charge is -2.32. The summed E-state index contributed by atoms with van der Waals surface area (Å²) >= 11 is 0. The van der Waals surface area contributed by atoms with Gasteiger partial charge in [0.05, 0.1) is 6.54 Å². The van der Waals surface area contributed by atoms with Gasteiger partial charge < -0.3 is 5.11 Å². The minimum absolute atomic E-state index is 0.709. The number of nitrogens with two attached hydrogens (primary N) is 1. The average molecular weight is 159 g/mol. The maximum atomic E-state index is 9.85. The Hall–Kier alpha value is -0.120. The molecule has 1 heterocycles. The van der Waals surface area contributed by atoms with Gasteiger partial charge in [-0.2, -0.15) is 0 Å². The quantitative estimate of drug-likeness (QED) is 0.351. The predicted octanol–water partition coefficient (Wildman–Crippen LogP) is 0.242. The van der Waals surface area contributed by atoms with Gasteiger partial charge in [0.25, 0.3) is 5.85 Å². The van der Waals surface area contributed by atoms with Crippen molar-refractivity contribution in [2.45, 2.75) is 32.5 Å². The Kier molecular flexibility index (Phi) is 2.23. The van der Waals surface area contributed by atoms with Crippen LogP contribution < -0.4 is 5.73 Å². The van der Waals surface area contributed by atoms with E-state index in [0.717, 1.165) is 26.1 Å². The standard InChI is InChI=1S/C8H19N2O/c1-3-5-8(9,11)10(4-2)6-7-10/h11H,3-7,9H2,1-2H3/q+1. The molecule has 0 aromatic heterocycles. The lowest BCUT2D eigenvalue weighted by molar-refractivity contribution is -0.887. The van der Waals surface area contributed by atoms with Crippen molar-refractivity contribution in [3.63, 3.8) is 0 Å². The van der Waals surface area contributed by atoms with Gasteiger partial charge in [-0.15, -0.1) is 0 Å². The molecule has 0 bridgehead atoms. The highest BCUT2D eigenvalue weighted by atomic mass is 16.3. The van der Waals surface area contributed by atoms with Gasteiger partial charge in [0.2, 0.25) is 0 Å². The highest BCUT2D eigenvalue weighted by Gasteiger charge is 2.55. The number of likely N-dealkylation sites (N-methyl/N-ethyl adjacent to an activating group) is 1. The van der Waals surface area contributed by atoms with Crippen LogP contribution in [0.25, 0.3) is 0 Å². The first kappa shape index (κ1) is 8.97. The fourth-order valence-electron chi connectivity index (χ4n) is 1.70. The third-order valence-corrected chi connectivity index (χ3v) is 2.81. The molecule has 1 fully saturated rings. The lowest BCUT2D eigenvalue weighted by Crippen LogP contribution is -2.58. The van der Waals surface area contributed by atoms with Crippen LogP contribution in [0.4, 0.5) is 0 Å². The van der Waals surface area contributed by atoms with Crippen LogP contribution in [-0.2, 0) is 0 Å². The van der Waals surface area contributed by atoms with Crippen LogP contribution in [0.15, 0.2) is 0 Å². The summed E-state index contributed by atoms with van der Waals surface area (Å²) in [5, 5.41) is 9.85. The Bertz CT molecular complexity index is 141. The molecule has 1 atom stereocenters. The minimum atomic E-state index is -0.955. The molecule has 0 spiro atoms. The summed E-state index contributed by atoms with van der Waals surface area (Å²) in [5.74, 6) is -0.955.